The molecule has 0 unspecified atom stereocenters. The number of benzene rings is 1. The Bertz CT molecular complexity index is 1140. The Kier molecular flexibility index (Phi) is 5.50. The lowest BCUT2D eigenvalue weighted by molar-refractivity contribution is -0.141. The van der Waals surface area contributed by atoms with Gasteiger partial charge in [0, 0.05) is 24.9 Å². The van der Waals surface area contributed by atoms with Crippen molar-refractivity contribution < 1.29 is 35.5 Å². The largest absolute Gasteiger partial charge is 0.436 e. The summed E-state index contributed by atoms with van der Waals surface area (Å²) in [6.45, 7) is -0.657. The Labute approximate surface area is 167 Å². The van der Waals surface area contributed by atoms with Crippen LogP contribution < -0.4 is 5.32 Å². The lowest BCUT2D eigenvalue weighted by atomic mass is 10.2. The molecule has 0 aliphatic rings. The molecule has 0 atom stereocenters. The number of aromatic nitrogens is 4. The molecule has 0 radical (unpaired) electrons. The maximum Gasteiger partial charge on any atom is 0.436 e. The molecule has 160 valence electrons. The van der Waals surface area contributed by atoms with E-state index in [0.29, 0.717) is 4.68 Å². The predicted molar refractivity (Wildman–Crippen MR) is 88.8 cm³/mol. The van der Waals surface area contributed by atoms with Crippen LogP contribution in [0.3, 0.4) is 0 Å². The molecule has 1 aromatic carbocycles. The van der Waals surface area contributed by atoms with Crippen LogP contribution in [0.2, 0.25) is 5.02 Å². The van der Waals surface area contributed by atoms with Crippen molar-refractivity contribution in [3.63, 3.8) is 0 Å². The van der Waals surface area contributed by atoms with Crippen LogP contribution in [0.25, 0.3) is 0 Å². The van der Waals surface area contributed by atoms with Crippen molar-refractivity contribution >= 4 is 23.2 Å². The lowest BCUT2D eigenvalue weighted by Crippen LogP contribution is -2.16. The second kappa shape index (κ2) is 7.63. The highest BCUT2D eigenvalue weighted by Crippen LogP contribution is 2.35. The fourth-order valence-electron chi connectivity index (χ4n) is 2.54. The SMILES string of the molecule is Cn1nc(C(F)(F)F)c(Cl)c1C(=O)Nc1cnn(Cc2c(F)cc(F)c(F)c2F)c1. The van der Waals surface area contributed by atoms with Gasteiger partial charge in [-0.3, -0.25) is 14.2 Å². The van der Waals surface area contributed by atoms with Gasteiger partial charge in [-0.25, -0.2) is 17.6 Å². The minimum Gasteiger partial charge on any atom is -0.318 e. The number of halogens is 8. The van der Waals surface area contributed by atoms with E-state index in [4.69, 9.17) is 11.6 Å². The monoisotopic (exact) mass is 455 g/mol. The van der Waals surface area contributed by atoms with E-state index in [2.05, 4.69) is 15.5 Å². The average molecular weight is 456 g/mol. The van der Waals surface area contributed by atoms with Crippen molar-refractivity contribution in [1.82, 2.24) is 19.6 Å². The molecule has 0 fully saturated rings. The highest BCUT2D eigenvalue weighted by molar-refractivity contribution is 6.34. The van der Waals surface area contributed by atoms with Crippen molar-refractivity contribution in [2.24, 2.45) is 7.05 Å². The molecule has 1 N–H and O–H groups in total. The molecule has 0 aliphatic carbocycles. The Hall–Kier alpha value is -3.09. The van der Waals surface area contributed by atoms with Gasteiger partial charge in [0.2, 0.25) is 0 Å². The fourth-order valence-corrected chi connectivity index (χ4v) is 2.89. The highest BCUT2D eigenvalue weighted by Gasteiger charge is 2.39. The summed E-state index contributed by atoms with van der Waals surface area (Å²) in [6.07, 6.45) is -2.80. The summed E-state index contributed by atoms with van der Waals surface area (Å²) in [6, 6.07) is 0.169. The van der Waals surface area contributed by atoms with Crippen LogP contribution >= 0.6 is 11.6 Å². The molecule has 0 spiro atoms. The molecule has 0 aliphatic heterocycles. The summed E-state index contributed by atoms with van der Waals surface area (Å²) >= 11 is 5.62. The lowest BCUT2D eigenvalue weighted by Gasteiger charge is -2.07. The van der Waals surface area contributed by atoms with Crippen molar-refractivity contribution in [3.05, 3.63) is 63.7 Å². The number of rotatable bonds is 4. The van der Waals surface area contributed by atoms with Gasteiger partial charge in [0.15, 0.2) is 23.1 Å². The maximum atomic E-state index is 13.8. The van der Waals surface area contributed by atoms with Gasteiger partial charge >= 0.3 is 6.18 Å². The first-order valence-corrected chi connectivity index (χ1v) is 8.23. The molecule has 1 amide bonds. The van der Waals surface area contributed by atoms with Crippen LogP contribution in [0.15, 0.2) is 18.5 Å². The van der Waals surface area contributed by atoms with E-state index >= 15 is 0 Å². The van der Waals surface area contributed by atoms with E-state index < -0.39 is 63.9 Å². The van der Waals surface area contributed by atoms with Gasteiger partial charge in [-0.15, -0.1) is 0 Å². The van der Waals surface area contributed by atoms with Gasteiger partial charge in [-0.05, 0) is 0 Å². The molecule has 30 heavy (non-hydrogen) atoms. The van der Waals surface area contributed by atoms with Crippen LogP contribution in [-0.4, -0.2) is 25.5 Å². The number of amides is 1. The smallest absolute Gasteiger partial charge is 0.318 e. The summed E-state index contributed by atoms with van der Waals surface area (Å²) in [4.78, 5) is 12.3. The molecule has 0 saturated carbocycles. The number of hydrogen-bond acceptors (Lipinski definition) is 3. The molecule has 6 nitrogen and oxygen atoms in total. The maximum absolute atomic E-state index is 13.8. The highest BCUT2D eigenvalue weighted by atomic mass is 35.5. The van der Waals surface area contributed by atoms with Crippen molar-refractivity contribution in [2.45, 2.75) is 12.7 Å². The van der Waals surface area contributed by atoms with Crippen LogP contribution in [0, 0.1) is 23.3 Å². The molecule has 14 heteroatoms. The summed E-state index contributed by atoms with van der Waals surface area (Å²) in [7, 11) is 1.08. The first-order chi connectivity index (χ1) is 13.9. The van der Waals surface area contributed by atoms with Crippen LogP contribution in [0.5, 0.6) is 0 Å². The zero-order valence-electron chi connectivity index (χ0n) is 14.7. The number of nitrogens with zero attached hydrogens (tertiary/aromatic N) is 4. The Morgan fingerprint density at radius 1 is 1.17 bits per heavy atom. The van der Waals surface area contributed by atoms with Gasteiger partial charge in [-0.1, -0.05) is 11.6 Å². The molecule has 0 saturated heterocycles. The molecular weight excluding hydrogens is 447 g/mol. The number of anilines is 1. The first kappa shape index (κ1) is 21.6. The topological polar surface area (TPSA) is 64.7 Å². The van der Waals surface area contributed by atoms with Crippen molar-refractivity contribution in [2.75, 3.05) is 5.32 Å². The summed E-state index contributed by atoms with van der Waals surface area (Å²) in [5, 5.41) is 8.16. The molecular formula is C16H9ClF7N5O. The second-order valence-electron chi connectivity index (χ2n) is 5.96. The molecule has 0 bridgehead atoms. The van der Waals surface area contributed by atoms with E-state index in [9.17, 15) is 35.5 Å². The zero-order valence-corrected chi connectivity index (χ0v) is 15.4. The quantitative estimate of drug-likeness (QED) is 0.365. The third-order valence-electron chi connectivity index (χ3n) is 3.89. The molecule has 3 aromatic rings. The van der Waals surface area contributed by atoms with Crippen molar-refractivity contribution in [3.8, 4) is 0 Å². The number of carbonyl (C=O) groups is 1. The van der Waals surface area contributed by atoms with Gasteiger partial charge in [0.1, 0.15) is 16.5 Å². The van der Waals surface area contributed by atoms with Gasteiger partial charge < -0.3 is 5.32 Å². The third-order valence-corrected chi connectivity index (χ3v) is 4.25. The van der Waals surface area contributed by atoms with Crippen molar-refractivity contribution in [1.29, 1.82) is 0 Å². The van der Waals surface area contributed by atoms with E-state index in [1.807, 2.05) is 0 Å². The second-order valence-corrected chi connectivity index (χ2v) is 6.34. The fraction of sp³-hybridized carbons (Fsp3) is 0.188. The molecule has 2 aromatic heterocycles. The first-order valence-electron chi connectivity index (χ1n) is 7.85. The number of carbonyl (C=O) groups excluding carboxylic acids is 1. The number of hydrogen-bond donors (Lipinski definition) is 1. The summed E-state index contributed by atoms with van der Waals surface area (Å²) < 4.78 is 93.8. The average Bonchev–Trinajstić information content (AvgIpc) is 3.20. The van der Waals surface area contributed by atoms with E-state index in [1.165, 1.54) is 0 Å². The molecule has 2 heterocycles. The Morgan fingerprint density at radius 2 is 1.83 bits per heavy atom. The predicted octanol–water partition coefficient (Wildman–Crippen LogP) is 4.15. The van der Waals surface area contributed by atoms with E-state index in [1.54, 1.807) is 0 Å². The number of nitrogens with one attached hydrogen (secondary N) is 1. The summed E-state index contributed by atoms with van der Waals surface area (Å²) in [5.74, 6) is -7.72. The Balaban J connectivity index is 1.81. The van der Waals surface area contributed by atoms with Gasteiger partial charge in [0.25, 0.3) is 5.91 Å². The summed E-state index contributed by atoms with van der Waals surface area (Å²) in [5.41, 5.74) is -2.93. The number of aryl methyl sites for hydroxylation is 1. The molecule has 3 rings (SSSR count). The zero-order chi connectivity index (χ0) is 22.4. The van der Waals surface area contributed by atoms with E-state index in [0.717, 1.165) is 24.1 Å². The minimum absolute atomic E-state index is 0.0748. The van der Waals surface area contributed by atoms with Crippen LogP contribution in [0.1, 0.15) is 21.7 Å². The van der Waals surface area contributed by atoms with Crippen LogP contribution in [-0.2, 0) is 19.8 Å². The third kappa shape index (κ3) is 3.97. The van der Waals surface area contributed by atoms with Crippen LogP contribution in [0.4, 0.5) is 36.4 Å². The van der Waals surface area contributed by atoms with Gasteiger partial charge in [-0.2, -0.15) is 23.4 Å². The Morgan fingerprint density at radius 3 is 2.43 bits per heavy atom. The van der Waals surface area contributed by atoms with E-state index in [-0.39, 0.29) is 11.8 Å². The normalized spacial score (nSPS) is 11.8. The number of alkyl halides is 3. The minimum atomic E-state index is -4.88. The standard InChI is InChI=1S/C16H9ClF7N5O/c1-28-13(10(17)14(27-28)16(22,23)24)15(30)26-6-3-25-29(4-6)5-7-8(18)2-9(19)12(21)11(7)20/h2-4H,5H2,1H3,(H,26,30). The van der Waals surface area contributed by atoms with Gasteiger partial charge in [0.05, 0.1) is 18.4 Å².